The van der Waals surface area contributed by atoms with Crippen LogP contribution < -0.4 is 0 Å². The lowest BCUT2D eigenvalue weighted by molar-refractivity contribution is -0.127. The zero-order valence-electron chi connectivity index (χ0n) is 11.9. The van der Waals surface area contributed by atoms with Gasteiger partial charge in [-0.05, 0) is 31.5 Å². The highest BCUT2D eigenvalue weighted by Crippen LogP contribution is 2.37. The summed E-state index contributed by atoms with van der Waals surface area (Å²) in [5, 5.41) is 0. The Bertz CT molecular complexity index is 470. The van der Waals surface area contributed by atoms with Gasteiger partial charge in [0.25, 0.3) is 0 Å². The van der Waals surface area contributed by atoms with Gasteiger partial charge in [-0.1, -0.05) is 48.0 Å². The first-order valence-corrected chi connectivity index (χ1v) is 7.66. The van der Waals surface area contributed by atoms with Gasteiger partial charge in [-0.15, -0.1) is 0 Å². The summed E-state index contributed by atoms with van der Waals surface area (Å²) < 4.78 is 1.14. The first kappa shape index (κ1) is 14.7. The van der Waals surface area contributed by atoms with Crippen LogP contribution in [0, 0.1) is 11.3 Å². The molecule has 1 aromatic rings. The molecule has 1 aliphatic rings. The molecule has 0 aliphatic heterocycles. The maximum atomic E-state index is 12.2. The molecular formula is C16H22BrNO. The minimum Gasteiger partial charge on any atom is -0.301 e. The molecule has 0 N–H and O–H groups in total. The standard InChI is InChI=1S/C16H22BrNO/c1-16(2)9-8-13(15(16)19)11-18(3)10-12-6-4-5-7-14(12)17/h4-7,13H,8-11H2,1-3H3. The third-order valence-corrected chi connectivity index (χ3v) is 4.86. The monoisotopic (exact) mass is 323 g/mol. The number of ketones is 1. The number of nitrogens with zero attached hydrogens (tertiary/aromatic N) is 1. The number of Topliss-reactive ketones (excluding diaryl/α,β-unsaturated/α-hetero) is 1. The van der Waals surface area contributed by atoms with Gasteiger partial charge in [0, 0.05) is 28.9 Å². The molecule has 0 aromatic heterocycles. The molecule has 0 saturated heterocycles. The van der Waals surface area contributed by atoms with Crippen LogP contribution in [0.2, 0.25) is 0 Å². The number of hydrogen-bond donors (Lipinski definition) is 0. The van der Waals surface area contributed by atoms with E-state index in [9.17, 15) is 4.79 Å². The van der Waals surface area contributed by atoms with Crippen LogP contribution in [0.25, 0.3) is 0 Å². The van der Waals surface area contributed by atoms with Gasteiger partial charge < -0.3 is 4.90 Å². The van der Waals surface area contributed by atoms with Crippen molar-refractivity contribution in [1.29, 1.82) is 0 Å². The van der Waals surface area contributed by atoms with Crippen molar-refractivity contribution in [2.75, 3.05) is 13.6 Å². The lowest BCUT2D eigenvalue weighted by Crippen LogP contribution is -2.31. The average molecular weight is 324 g/mol. The quantitative estimate of drug-likeness (QED) is 0.837. The van der Waals surface area contributed by atoms with Crippen LogP contribution in [-0.2, 0) is 11.3 Å². The van der Waals surface area contributed by atoms with Crippen LogP contribution >= 0.6 is 15.9 Å². The molecular weight excluding hydrogens is 302 g/mol. The molecule has 0 spiro atoms. The minimum absolute atomic E-state index is 0.112. The van der Waals surface area contributed by atoms with Gasteiger partial charge in [0.05, 0.1) is 0 Å². The Hall–Kier alpha value is -0.670. The number of benzene rings is 1. The highest BCUT2D eigenvalue weighted by molar-refractivity contribution is 9.10. The van der Waals surface area contributed by atoms with Crippen molar-refractivity contribution in [2.45, 2.75) is 33.2 Å². The largest absolute Gasteiger partial charge is 0.301 e. The lowest BCUT2D eigenvalue weighted by Gasteiger charge is -2.22. The molecule has 1 aromatic carbocycles. The second kappa shape index (κ2) is 5.76. The zero-order valence-corrected chi connectivity index (χ0v) is 13.5. The molecule has 1 saturated carbocycles. The summed E-state index contributed by atoms with van der Waals surface area (Å²) in [6.45, 7) is 5.89. The molecule has 0 radical (unpaired) electrons. The van der Waals surface area contributed by atoms with Crippen molar-refractivity contribution < 1.29 is 4.79 Å². The molecule has 104 valence electrons. The normalized spacial score (nSPS) is 22.2. The van der Waals surface area contributed by atoms with E-state index in [1.807, 2.05) is 6.07 Å². The topological polar surface area (TPSA) is 20.3 Å². The fourth-order valence-electron chi connectivity index (χ4n) is 2.87. The Balaban J connectivity index is 1.94. The maximum absolute atomic E-state index is 12.2. The summed E-state index contributed by atoms with van der Waals surface area (Å²) >= 11 is 3.57. The van der Waals surface area contributed by atoms with E-state index >= 15 is 0 Å². The van der Waals surface area contributed by atoms with Crippen LogP contribution in [0.15, 0.2) is 28.7 Å². The SMILES string of the molecule is CN(Cc1ccccc1Br)CC1CCC(C)(C)C1=O. The molecule has 0 bridgehead atoms. The van der Waals surface area contributed by atoms with Crippen molar-refractivity contribution in [3.63, 3.8) is 0 Å². The van der Waals surface area contributed by atoms with Gasteiger partial charge in [-0.2, -0.15) is 0 Å². The van der Waals surface area contributed by atoms with Crippen LogP contribution in [0.4, 0.5) is 0 Å². The fraction of sp³-hybridized carbons (Fsp3) is 0.562. The Morgan fingerprint density at radius 3 is 2.63 bits per heavy atom. The predicted molar refractivity (Wildman–Crippen MR) is 82.0 cm³/mol. The summed E-state index contributed by atoms with van der Waals surface area (Å²) in [6, 6.07) is 8.27. The Kier molecular flexibility index (Phi) is 4.46. The van der Waals surface area contributed by atoms with Gasteiger partial charge in [0.15, 0.2) is 0 Å². The summed E-state index contributed by atoms with van der Waals surface area (Å²) in [4.78, 5) is 14.5. The molecule has 2 rings (SSSR count). The molecule has 1 atom stereocenters. The molecule has 2 nitrogen and oxygen atoms in total. The number of hydrogen-bond acceptors (Lipinski definition) is 2. The first-order chi connectivity index (χ1) is 8.90. The van der Waals surface area contributed by atoms with E-state index in [-0.39, 0.29) is 11.3 Å². The molecule has 3 heteroatoms. The Morgan fingerprint density at radius 2 is 2.05 bits per heavy atom. The van der Waals surface area contributed by atoms with Crippen molar-refractivity contribution in [1.82, 2.24) is 4.90 Å². The van der Waals surface area contributed by atoms with E-state index in [0.717, 1.165) is 30.4 Å². The Labute approximate surface area is 124 Å². The van der Waals surface area contributed by atoms with E-state index in [1.165, 1.54) is 5.56 Å². The molecule has 0 heterocycles. The lowest BCUT2D eigenvalue weighted by atomic mass is 9.89. The number of rotatable bonds is 4. The minimum atomic E-state index is -0.112. The predicted octanol–water partition coefficient (Wildman–Crippen LogP) is 3.89. The number of carbonyl (C=O) groups is 1. The van der Waals surface area contributed by atoms with Gasteiger partial charge in [-0.25, -0.2) is 0 Å². The third-order valence-electron chi connectivity index (χ3n) is 4.09. The molecule has 1 aliphatic carbocycles. The van der Waals surface area contributed by atoms with E-state index < -0.39 is 0 Å². The Morgan fingerprint density at radius 1 is 1.37 bits per heavy atom. The van der Waals surface area contributed by atoms with Crippen LogP contribution in [0.1, 0.15) is 32.3 Å². The van der Waals surface area contributed by atoms with Gasteiger partial charge in [0.2, 0.25) is 0 Å². The van der Waals surface area contributed by atoms with Crippen LogP contribution in [-0.4, -0.2) is 24.3 Å². The van der Waals surface area contributed by atoms with E-state index in [1.54, 1.807) is 0 Å². The molecule has 1 fully saturated rings. The zero-order chi connectivity index (χ0) is 14.0. The van der Waals surface area contributed by atoms with E-state index in [0.29, 0.717) is 5.78 Å². The van der Waals surface area contributed by atoms with Crippen LogP contribution in [0.3, 0.4) is 0 Å². The number of halogens is 1. The summed E-state index contributed by atoms with van der Waals surface area (Å²) in [6.07, 6.45) is 2.06. The molecule has 0 amide bonds. The van der Waals surface area contributed by atoms with Gasteiger partial charge >= 0.3 is 0 Å². The number of carbonyl (C=O) groups excluding carboxylic acids is 1. The summed E-state index contributed by atoms with van der Waals surface area (Å²) in [5.74, 6) is 0.647. The van der Waals surface area contributed by atoms with Crippen molar-refractivity contribution in [2.24, 2.45) is 11.3 Å². The van der Waals surface area contributed by atoms with Crippen LogP contribution in [0.5, 0.6) is 0 Å². The maximum Gasteiger partial charge on any atom is 0.142 e. The smallest absolute Gasteiger partial charge is 0.142 e. The first-order valence-electron chi connectivity index (χ1n) is 6.86. The highest BCUT2D eigenvalue weighted by Gasteiger charge is 2.40. The van der Waals surface area contributed by atoms with E-state index in [4.69, 9.17) is 0 Å². The average Bonchev–Trinajstić information content (AvgIpc) is 2.59. The summed E-state index contributed by atoms with van der Waals surface area (Å²) in [5.41, 5.74) is 1.16. The molecule has 19 heavy (non-hydrogen) atoms. The van der Waals surface area contributed by atoms with Crippen molar-refractivity contribution in [3.8, 4) is 0 Å². The summed E-state index contributed by atoms with van der Waals surface area (Å²) in [7, 11) is 2.10. The van der Waals surface area contributed by atoms with E-state index in [2.05, 4.69) is 59.9 Å². The van der Waals surface area contributed by atoms with Gasteiger partial charge in [-0.3, -0.25) is 4.79 Å². The van der Waals surface area contributed by atoms with Crippen molar-refractivity contribution >= 4 is 21.7 Å². The highest BCUT2D eigenvalue weighted by atomic mass is 79.9. The second-order valence-corrected chi connectivity index (χ2v) is 7.13. The second-order valence-electron chi connectivity index (χ2n) is 6.27. The third kappa shape index (κ3) is 3.46. The molecule has 1 unspecified atom stereocenters. The van der Waals surface area contributed by atoms with Gasteiger partial charge in [0.1, 0.15) is 5.78 Å². The van der Waals surface area contributed by atoms with Crippen molar-refractivity contribution in [3.05, 3.63) is 34.3 Å². The fourth-order valence-corrected chi connectivity index (χ4v) is 3.28.